The molecule has 22 heavy (non-hydrogen) atoms. The highest BCUT2D eigenvalue weighted by molar-refractivity contribution is 7.18. The number of aromatic amines is 1. The Bertz CT molecular complexity index is 932. The van der Waals surface area contributed by atoms with E-state index >= 15 is 0 Å². The minimum absolute atomic E-state index is 0.00652. The first kappa shape index (κ1) is 13.5. The molecule has 3 nitrogen and oxygen atoms in total. The van der Waals surface area contributed by atoms with Crippen molar-refractivity contribution in [3.63, 3.8) is 0 Å². The summed E-state index contributed by atoms with van der Waals surface area (Å²) in [7, 11) is 0. The van der Waals surface area contributed by atoms with Crippen molar-refractivity contribution in [1.29, 1.82) is 0 Å². The van der Waals surface area contributed by atoms with E-state index in [1.165, 1.54) is 16.0 Å². The average molecular weight is 308 g/mol. The van der Waals surface area contributed by atoms with Gasteiger partial charge in [0.05, 0.1) is 5.39 Å². The van der Waals surface area contributed by atoms with Gasteiger partial charge in [-0.2, -0.15) is 0 Å². The molecule has 0 aliphatic heterocycles. The molecule has 0 atom stereocenters. The third-order valence-corrected chi connectivity index (χ3v) is 5.29. The molecule has 0 bridgehead atoms. The molecule has 1 aliphatic rings. The number of benzene rings is 1. The molecule has 1 aromatic carbocycles. The standard InChI is InChI=1S/C18H16N2OS/c1-11-5-7-12(8-6-11)9-10-15-19-17(21)16-13-3-2-4-14(13)22-18(16)20-15/h5-10H,2-4H2,1H3,(H,19,20,21). The zero-order chi connectivity index (χ0) is 15.1. The molecule has 0 saturated carbocycles. The number of aromatic nitrogens is 2. The Hall–Kier alpha value is -2.20. The minimum Gasteiger partial charge on any atom is -0.306 e. The second-order valence-electron chi connectivity index (χ2n) is 5.73. The van der Waals surface area contributed by atoms with Crippen molar-refractivity contribution >= 4 is 33.7 Å². The minimum atomic E-state index is -0.00652. The van der Waals surface area contributed by atoms with Crippen molar-refractivity contribution in [3.8, 4) is 0 Å². The fraction of sp³-hybridized carbons (Fsp3) is 0.222. The molecule has 2 aromatic heterocycles. The lowest BCUT2D eigenvalue weighted by atomic mass is 10.1. The van der Waals surface area contributed by atoms with Gasteiger partial charge in [0.15, 0.2) is 0 Å². The Morgan fingerprint density at radius 1 is 1.18 bits per heavy atom. The van der Waals surface area contributed by atoms with Crippen LogP contribution in [0.5, 0.6) is 0 Å². The quantitative estimate of drug-likeness (QED) is 0.779. The monoisotopic (exact) mass is 308 g/mol. The number of fused-ring (bicyclic) bond motifs is 3. The summed E-state index contributed by atoms with van der Waals surface area (Å²) in [6.07, 6.45) is 7.11. The van der Waals surface area contributed by atoms with Gasteiger partial charge in [0, 0.05) is 4.88 Å². The fourth-order valence-corrected chi connectivity index (χ4v) is 4.22. The van der Waals surface area contributed by atoms with Gasteiger partial charge in [-0.25, -0.2) is 4.98 Å². The molecule has 0 amide bonds. The smallest absolute Gasteiger partial charge is 0.260 e. The van der Waals surface area contributed by atoms with Crippen molar-refractivity contribution < 1.29 is 0 Å². The number of nitrogens with one attached hydrogen (secondary N) is 1. The number of H-pyrrole nitrogens is 1. The number of rotatable bonds is 2. The topological polar surface area (TPSA) is 45.8 Å². The van der Waals surface area contributed by atoms with Crippen LogP contribution in [0.2, 0.25) is 0 Å². The molecule has 3 aromatic rings. The maximum atomic E-state index is 12.4. The maximum Gasteiger partial charge on any atom is 0.260 e. The summed E-state index contributed by atoms with van der Waals surface area (Å²) in [5.41, 5.74) is 3.55. The zero-order valence-electron chi connectivity index (χ0n) is 12.3. The van der Waals surface area contributed by atoms with Crippen molar-refractivity contribution in [1.82, 2.24) is 9.97 Å². The molecular formula is C18H16N2OS. The van der Waals surface area contributed by atoms with E-state index in [0.717, 1.165) is 35.0 Å². The van der Waals surface area contributed by atoms with E-state index in [0.29, 0.717) is 5.82 Å². The van der Waals surface area contributed by atoms with Crippen LogP contribution in [0, 0.1) is 6.92 Å². The highest BCUT2D eigenvalue weighted by atomic mass is 32.1. The molecule has 0 unspecified atom stereocenters. The van der Waals surface area contributed by atoms with E-state index in [-0.39, 0.29) is 5.56 Å². The third kappa shape index (κ3) is 2.29. The number of hydrogen-bond donors (Lipinski definition) is 1. The molecule has 4 rings (SSSR count). The molecule has 1 N–H and O–H groups in total. The Morgan fingerprint density at radius 3 is 2.82 bits per heavy atom. The van der Waals surface area contributed by atoms with Crippen LogP contribution < -0.4 is 5.56 Å². The molecular weight excluding hydrogens is 292 g/mol. The summed E-state index contributed by atoms with van der Waals surface area (Å²) in [5.74, 6) is 0.623. The second-order valence-corrected chi connectivity index (χ2v) is 6.82. The van der Waals surface area contributed by atoms with Crippen LogP contribution in [0.4, 0.5) is 0 Å². The van der Waals surface area contributed by atoms with Gasteiger partial charge < -0.3 is 4.98 Å². The number of thiophene rings is 1. The van der Waals surface area contributed by atoms with E-state index in [1.54, 1.807) is 11.3 Å². The zero-order valence-corrected chi connectivity index (χ0v) is 13.2. The molecule has 4 heteroatoms. The summed E-state index contributed by atoms with van der Waals surface area (Å²) in [6.45, 7) is 2.07. The van der Waals surface area contributed by atoms with Gasteiger partial charge in [-0.05, 0) is 43.4 Å². The Labute approximate surface area is 132 Å². The summed E-state index contributed by atoms with van der Waals surface area (Å²) in [4.78, 5) is 22.1. The van der Waals surface area contributed by atoms with E-state index < -0.39 is 0 Å². The number of nitrogens with zero attached hydrogens (tertiary/aromatic N) is 1. The first-order valence-corrected chi connectivity index (χ1v) is 8.32. The highest BCUT2D eigenvalue weighted by Gasteiger charge is 2.20. The molecule has 0 spiro atoms. The summed E-state index contributed by atoms with van der Waals surface area (Å²) >= 11 is 1.67. The molecule has 2 heterocycles. The highest BCUT2D eigenvalue weighted by Crippen LogP contribution is 2.34. The van der Waals surface area contributed by atoms with E-state index in [2.05, 4.69) is 41.2 Å². The first-order valence-electron chi connectivity index (χ1n) is 7.50. The fourth-order valence-electron chi connectivity index (χ4n) is 2.95. The van der Waals surface area contributed by atoms with Crippen LogP contribution in [0.15, 0.2) is 29.1 Å². The Kier molecular flexibility index (Phi) is 3.19. The molecule has 0 fully saturated rings. The van der Waals surface area contributed by atoms with Crippen LogP contribution in [0.25, 0.3) is 22.4 Å². The SMILES string of the molecule is Cc1ccc(C=Cc2nc3sc4c(c3c(=O)[nH]2)CCC4)cc1. The average Bonchev–Trinajstić information content (AvgIpc) is 3.06. The summed E-state index contributed by atoms with van der Waals surface area (Å²) in [6, 6.07) is 8.26. The van der Waals surface area contributed by atoms with Crippen molar-refractivity contribution in [2.75, 3.05) is 0 Å². The van der Waals surface area contributed by atoms with Gasteiger partial charge in [0.2, 0.25) is 0 Å². The van der Waals surface area contributed by atoms with Crippen LogP contribution in [-0.4, -0.2) is 9.97 Å². The Balaban J connectivity index is 1.74. The van der Waals surface area contributed by atoms with Gasteiger partial charge in [-0.15, -0.1) is 11.3 Å². The molecule has 1 aliphatic carbocycles. The predicted molar refractivity (Wildman–Crippen MR) is 92.4 cm³/mol. The maximum absolute atomic E-state index is 12.4. The summed E-state index contributed by atoms with van der Waals surface area (Å²) in [5, 5.41) is 0.810. The largest absolute Gasteiger partial charge is 0.306 e. The van der Waals surface area contributed by atoms with E-state index in [4.69, 9.17) is 0 Å². The van der Waals surface area contributed by atoms with Gasteiger partial charge in [0.25, 0.3) is 5.56 Å². The molecule has 0 saturated heterocycles. The first-order chi connectivity index (χ1) is 10.7. The van der Waals surface area contributed by atoms with Crippen molar-refractivity contribution in [2.45, 2.75) is 26.2 Å². The molecule has 0 radical (unpaired) electrons. The van der Waals surface area contributed by atoms with E-state index in [9.17, 15) is 4.79 Å². The predicted octanol–water partition coefficient (Wildman–Crippen LogP) is 3.95. The van der Waals surface area contributed by atoms with Crippen LogP contribution >= 0.6 is 11.3 Å². The van der Waals surface area contributed by atoms with Gasteiger partial charge in [-0.3, -0.25) is 4.79 Å². The van der Waals surface area contributed by atoms with E-state index in [1.807, 2.05) is 12.2 Å². The normalized spacial score (nSPS) is 14.0. The van der Waals surface area contributed by atoms with Crippen molar-refractivity contribution in [2.24, 2.45) is 0 Å². The number of hydrogen-bond acceptors (Lipinski definition) is 3. The third-order valence-electron chi connectivity index (χ3n) is 4.10. The van der Waals surface area contributed by atoms with Crippen LogP contribution in [0.1, 0.15) is 33.8 Å². The number of aryl methyl sites for hydroxylation is 3. The lowest BCUT2D eigenvalue weighted by molar-refractivity contribution is 0.916. The van der Waals surface area contributed by atoms with Crippen molar-refractivity contribution in [3.05, 3.63) is 62.0 Å². The Morgan fingerprint density at radius 2 is 2.00 bits per heavy atom. The second kappa shape index (κ2) is 5.21. The molecule has 110 valence electrons. The van der Waals surface area contributed by atoms with Gasteiger partial charge >= 0.3 is 0 Å². The lowest BCUT2D eigenvalue weighted by Gasteiger charge is -1.97. The summed E-state index contributed by atoms with van der Waals surface area (Å²) < 4.78 is 0. The lowest BCUT2D eigenvalue weighted by Crippen LogP contribution is -2.09. The van der Waals surface area contributed by atoms with Crippen LogP contribution in [-0.2, 0) is 12.8 Å². The van der Waals surface area contributed by atoms with Gasteiger partial charge in [0.1, 0.15) is 10.7 Å². The van der Waals surface area contributed by atoms with Crippen LogP contribution in [0.3, 0.4) is 0 Å². The van der Waals surface area contributed by atoms with Gasteiger partial charge in [-0.1, -0.05) is 35.9 Å².